The van der Waals surface area contributed by atoms with Gasteiger partial charge in [0.2, 0.25) is 5.91 Å². The van der Waals surface area contributed by atoms with Gasteiger partial charge in [-0.15, -0.1) is 0 Å². The van der Waals surface area contributed by atoms with E-state index in [0.717, 1.165) is 35.4 Å². The number of methoxy groups -OCH3 is 1. The summed E-state index contributed by atoms with van der Waals surface area (Å²) in [5, 5.41) is 4.31. The first kappa shape index (κ1) is 19.0. The Kier molecular flexibility index (Phi) is 6.17. The van der Waals surface area contributed by atoms with E-state index in [0.29, 0.717) is 12.8 Å². The molecule has 2 N–H and O–H groups in total. The summed E-state index contributed by atoms with van der Waals surface area (Å²) in [5.41, 5.74) is 4.46. The van der Waals surface area contributed by atoms with Gasteiger partial charge < -0.3 is 15.0 Å². The second kappa shape index (κ2) is 8.76. The lowest BCUT2D eigenvalue weighted by Gasteiger charge is -2.14. The fourth-order valence-corrected chi connectivity index (χ4v) is 3.49. The van der Waals surface area contributed by atoms with Gasteiger partial charge in [-0.05, 0) is 60.7 Å². The minimum absolute atomic E-state index is 0.120. The summed E-state index contributed by atoms with van der Waals surface area (Å²) >= 11 is 0. The average molecular weight is 364 g/mol. The standard InChI is InChI=1S/C23H28N2O2/c1-4-17(5-2)24-22(26)15-14-20-19-8-6-7-9-21(19)25-23(20)16-10-12-18(27-3)13-11-16/h6-13,17,25H,4-5,14-15H2,1-3H3,(H,24,26). The zero-order valence-corrected chi connectivity index (χ0v) is 16.3. The number of carbonyl (C=O) groups is 1. The number of fused-ring (bicyclic) bond motifs is 1. The highest BCUT2D eigenvalue weighted by molar-refractivity contribution is 5.91. The van der Waals surface area contributed by atoms with E-state index in [-0.39, 0.29) is 11.9 Å². The number of aromatic amines is 1. The van der Waals surface area contributed by atoms with E-state index in [9.17, 15) is 4.79 Å². The predicted molar refractivity (Wildman–Crippen MR) is 111 cm³/mol. The second-order valence-electron chi connectivity index (χ2n) is 6.83. The Morgan fingerprint density at radius 1 is 1.07 bits per heavy atom. The van der Waals surface area contributed by atoms with Gasteiger partial charge in [-0.3, -0.25) is 4.79 Å². The molecule has 1 heterocycles. The first-order chi connectivity index (χ1) is 13.2. The van der Waals surface area contributed by atoms with Crippen molar-refractivity contribution in [1.29, 1.82) is 0 Å². The van der Waals surface area contributed by atoms with E-state index >= 15 is 0 Å². The molecule has 0 radical (unpaired) electrons. The zero-order valence-electron chi connectivity index (χ0n) is 16.3. The second-order valence-corrected chi connectivity index (χ2v) is 6.83. The Labute approximate surface area is 160 Å². The van der Waals surface area contributed by atoms with Crippen molar-refractivity contribution in [3.8, 4) is 17.0 Å². The molecule has 1 amide bonds. The molecule has 0 aliphatic heterocycles. The number of aryl methyl sites for hydroxylation is 1. The Morgan fingerprint density at radius 3 is 2.44 bits per heavy atom. The number of carbonyl (C=O) groups excluding carboxylic acids is 1. The van der Waals surface area contributed by atoms with Crippen LogP contribution in [0.15, 0.2) is 48.5 Å². The third kappa shape index (κ3) is 4.33. The SMILES string of the molecule is CCC(CC)NC(=O)CCc1c(-c2ccc(OC)cc2)[nH]c2ccccc12. The van der Waals surface area contributed by atoms with Crippen LogP contribution in [0.3, 0.4) is 0 Å². The molecule has 0 bridgehead atoms. The van der Waals surface area contributed by atoms with Gasteiger partial charge in [0.1, 0.15) is 5.75 Å². The highest BCUT2D eigenvalue weighted by Gasteiger charge is 2.15. The van der Waals surface area contributed by atoms with Gasteiger partial charge >= 0.3 is 0 Å². The van der Waals surface area contributed by atoms with Crippen molar-refractivity contribution in [2.45, 2.75) is 45.6 Å². The first-order valence-electron chi connectivity index (χ1n) is 9.69. The highest BCUT2D eigenvalue weighted by atomic mass is 16.5. The molecule has 3 rings (SSSR count). The van der Waals surface area contributed by atoms with Gasteiger partial charge in [0, 0.05) is 29.1 Å². The summed E-state index contributed by atoms with van der Waals surface area (Å²) in [4.78, 5) is 15.9. The van der Waals surface area contributed by atoms with Crippen LogP contribution in [0.1, 0.15) is 38.7 Å². The maximum atomic E-state index is 12.4. The summed E-state index contributed by atoms with van der Waals surface area (Å²) in [6.45, 7) is 4.21. The number of H-pyrrole nitrogens is 1. The lowest BCUT2D eigenvalue weighted by Crippen LogP contribution is -2.33. The molecule has 142 valence electrons. The fourth-order valence-electron chi connectivity index (χ4n) is 3.49. The molecule has 0 unspecified atom stereocenters. The van der Waals surface area contributed by atoms with Crippen LogP contribution in [0.4, 0.5) is 0 Å². The summed E-state index contributed by atoms with van der Waals surface area (Å²) in [6.07, 6.45) is 3.12. The molecule has 2 aromatic carbocycles. The zero-order chi connectivity index (χ0) is 19.2. The molecule has 0 saturated carbocycles. The topological polar surface area (TPSA) is 54.1 Å². The summed E-state index contributed by atoms with van der Waals surface area (Å²) in [5.74, 6) is 0.954. The van der Waals surface area contributed by atoms with Gasteiger partial charge in [0.15, 0.2) is 0 Å². The summed E-state index contributed by atoms with van der Waals surface area (Å²) in [6, 6.07) is 16.6. The Bertz CT molecular complexity index is 892. The number of benzene rings is 2. The number of hydrogen-bond donors (Lipinski definition) is 2. The molecule has 27 heavy (non-hydrogen) atoms. The number of nitrogens with one attached hydrogen (secondary N) is 2. The largest absolute Gasteiger partial charge is 0.497 e. The van der Waals surface area contributed by atoms with Crippen LogP contribution >= 0.6 is 0 Å². The molecule has 0 fully saturated rings. The van der Waals surface area contributed by atoms with Crippen LogP contribution in [0.5, 0.6) is 5.75 Å². The fraction of sp³-hybridized carbons (Fsp3) is 0.348. The molecule has 4 nitrogen and oxygen atoms in total. The summed E-state index contributed by atoms with van der Waals surface area (Å²) < 4.78 is 5.27. The van der Waals surface area contributed by atoms with Crippen molar-refractivity contribution in [3.63, 3.8) is 0 Å². The third-order valence-corrected chi connectivity index (χ3v) is 5.15. The Balaban J connectivity index is 1.87. The van der Waals surface area contributed by atoms with E-state index in [1.165, 1.54) is 10.9 Å². The van der Waals surface area contributed by atoms with Crippen molar-refractivity contribution in [2.24, 2.45) is 0 Å². The molecule has 4 heteroatoms. The quantitative estimate of drug-likeness (QED) is 0.585. The Morgan fingerprint density at radius 2 is 1.78 bits per heavy atom. The first-order valence-corrected chi connectivity index (χ1v) is 9.69. The monoisotopic (exact) mass is 364 g/mol. The van der Waals surface area contributed by atoms with Gasteiger partial charge in [-0.25, -0.2) is 0 Å². The minimum atomic E-state index is 0.120. The Hall–Kier alpha value is -2.75. The number of ether oxygens (including phenoxy) is 1. The third-order valence-electron chi connectivity index (χ3n) is 5.15. The number of rotatable bonds is 8. The van der Waals surface area contributed by atoms with Crippen molar-refractivity contribution < 1.29 is 9.53 Å². The van der Waals surface area contributed by atoms with Crippen molar-refractivity contribution in [1.82, 2.24) is 10.3 Å². The van der Waals surface area contributed by atoms with E-state index in [1.54, 1.807) is 7.11 Å². The lowest BCUT2D eigenvalue weighted by atomic mass is 10.0. The average Bonchev–Trinajstić information content (AvgIpc) is 3.09. The van der Waals surface area contributed by atoms with E-state index in [2.05, 4.69) is 48.4 Å². The lowest BCUT2D eigenvalue weighted by molar-refractivity contribution is -0.121. The number of para-hydroxylation sites is 1. The van der Waals surface area contributed by atoms with Crippen LogP contribution in [0, 0.1) is 0 Å². The number of amides is 1. The molecular formula is C23H28N2O2. The molecular weight excluding hydrogens is 336 g/mol. The highest BCUT2D eigenvalue weighted by Crippen LogP contribution is 2.32. The number of aromatic nitrogens is 1. The maximum Gasteiger partial charge on any atom is 0.220 e. The molecule has 3 aromatic rings. The van der Waals surface area contributed by atoms with Crippen LogP contribution in [0.25, 0.3) is 22.2 Å². The van der Waals surface area contributed by atoms with Crippen LogP contribution < -0.4 is 10.1 Å². The molecule has 0 aliphatic rings. The van der Waals surface area contributed by atoms with Crippen molar-refractivity contribution in [2.75, 3.05) is 7.11 Å². The smallest absolute Gasteiger partial charge is 0.220 e. The van der Waals surface area contributed by atoms with Gasteiger partial charge in [-0.2, -0.15) is 0 Å². The maximum absolute atomic E-state index is 12.4. The van der Waals surface area contributed by atoms with E-state index in [1.807, 2.05) is 24.3 Å². The van der Waals surface area contributed by atoms with E-state index < -0.39 is 0 Å². The molecule has 0 atom stereocenters. The van der Waals surface area contributed by atoms with E-state index in [4.69, 9.17) is 4.74 Å². The van der Waals surface area contributed by atoms with Crippen LogP contribution in [-0.2, 0) is 11.2 Å². The van der Waals surface area contributed by atoms with Crippen molar-refractivity contribution >= 4 is 16.8 Å². The summed E-state index contributed by atoms with van der Waals surface area (Å²) in [7, 11) is 1.67. The minimum Gasteiger partial charge on any atom is -0.497 e. The molecule has 1 aromatic heterocycles. The van der Waals surface area contributed by atoms with Gasteiger partial charge in [-0.1, -0.05) is 32.0 Å². The number of hydrogen-bond acceptors (Lipinski definition) is 2. The normalized spacial score (nSPS) is 11.1. The predicted octanol–water partition coefficient (Wildman–Crippen LogP) is 5.08. The van der Waals surface area contributed by atoms with Crippen molar-refractivity contribution in [3.05, 3.63) is 54.1 Å². The molecule has 0 saturated heterocycles. The van der Waals surface area contributed by atoms with Gasteiger partial charge in [0.25, 0.3) is 0 Å². The molecule has 0 aliphatic carbocycles. The van der Waals surface area contributed by atoms with Crippen LogP contribution in [-0.4, -0.2) is 24.0 Å². The van der Waals surface area contributed by atoms with Crippen LogP contribution in [0.2, 0.25) is 0 Å². The van der Waals surface area contributed by atoms with Gasteiger partial charge in [0.05, 0.1) is 7.11 Å². The molecule has 0 spiro atoms.